The Morgan fingerprint density at radius 2 is 2.37 bits per heavy atom. The third-order valence-corrected chi connectivity index (χ3v) is 3.72. The predicted molar refractivity (Wildman–Crippen MR) is 75.1 cm³/mol. The maximum absolute atomic E-state index is 10.8. The molecule has 5 nitrogen and oxygen atoms in total. The smallest absolute Gasteiger partial charge is 0.217 e. The van der Waals surface area contributed by atoms with E-state index in [1.807, 2.05) is 12.1 Å². The Morgan fingerprint density at radius 3 is 3.11 bits per heavy atom. The number of anilines is 1. The van der Waals surface area contributed by atoms with Gasteiger partial charge in [-0.1, -0.05) is 6.07 Å². The normalized spacial score (nSPS) is 20.3. The molecule has 1 saturated heterocycles. The van der Waals surface area contributed by atoms with E-state index in [-0.39, 0.29) is 5.91 Å². The number of carbonyl (C=O) groups is 1. The lowest BCUT2D eigenvalue weighted by atomic mass is 9.93. The molecule has 2 heterocycles. The van der Waals surface area contributed by atoms with Crippen LogP contribution >= 0.6 is 0 Å². The molecule has 0 unspecified atom stereocenters. The number of rotatable bonds is 5. The van der Waals surface area contributed by atoms with E-state index in [1.165, 1.54) is 12.8 Å². The Balaban J connectivity index is 1.87. The van der Waals surface area contributed by atoms with E-state index >= 15 is 0 Å². The van der Waals surface area contributed by atoms with Crippen molar-refractivity contribution in [3.05, 3.63) is 23.9 Å². The molecule has 1 aromatic heterocycles. The van der Waals surface area contributed by atoms with Gasteiger partial charge in [0, 0.05) is 31.3 Å². The molecular weight excluding hydrogens is 240 g/mol. The van der Waals surface area contributed by atoms with Crippen molar-refractivity contribution in [2.75, 3.05) is 18.8 Å². The highest BCUT2D eigenvalue weighted by molar-refractivity contribution is 5.73. The van der Waals surface area contributed by atoms with Gasteiger partial charge >= 0.3 is 0 Å². The fraction of sp³-hybridized carbons (Fsp3) is 0.571. The number of aromatic nitrogens is 1. The molecule has 104 valence electrons. The van der Waals surface area contributed by atoms with Crippen molar-refractivity contribution in [3.63, 3.8) is 0 Å². The number of carbonyl (C=O) groups excluding carboxylic acids is 1. The van der Waals surface area contributed by atoms with E-state index < -0.39 is 0 Å². The maximum Gasteiger partial charge on any atom is 0.217 e. The fourth-order valence-corrected chi connectivity index (χ4v) is 2.70. The molecule has 1 aromatic rings. The van der Waals surface area contributed by atoms with Gasteiger partial charge < -0.3 is 11.5 Å². The lowest BCUT2D eigenvalue weighted by Crippen LogP contribution is -2.35. The largest absolute Gasteiger partial charge is 0.383 e. The van der Waals surface area contributed by atoms with E-state index in [4.69, 9.17) is 11.5 Å². The maximum atomic E-state index is 10.8. The van der Waals surface area contributed by atoms with Crippen LogP contribution in [0.2, 0.25) is 0 Å². The van der Waals surface area contributed by atoms with Crippen LogP contribution in [0.3, 0.4) is 0 Å². The Kier molecular flexibility index (Phi) is 4.74. The van der Waals surface area contributed by atoms with Crippen LogP contribution in [0.15, 0.2) is 18.3 Å². The number of hydrogen-bond acceptors (Lipinski definition) is 4. The van der Waals surface area contributed by atoms with E-state index in [0.717, 1.165) is 31.6 Å². The number of nitrogens with zero attached hydrogens (tertiary/aromatic N) is 2. The molecule has 0 radical (unpaired) electrons. The lowest BCUT2D eigenvalue weighted by Gasteiger charge is -2.32. The first-order chi connectivity index (χ1) is 9.15. The first-order valence-corrected chi connectivity index (χ1v) is 6.85. The summed E-state index contributed by atoms with van der Waals surface area (Å²) in [4.78, 5) is 17.3. The Morgan fingerprint density at radius 1 is 1.53 bits per heavy atom. The number of pyridine rings is 1. The van der Waals surface area contributed by atoms with E-state index in [0.29, 0.717) is 18.2 Å². The number of nitrogen functional groups attached to an aromatic ring is 1. The van der Waals surface area contributed by atoms with Crippen molar-refractivity contribution in [3.8, 4) is 0 Å². The van der Waals surface area contributed by atoms with E-state index in [2.05, 4.69) is 9.88 Å². The molecule has 5 heteroatoms. The number of primary amides is 1. The number of likely N-dealkylation sites (tertiary alicyclic amines) is 1. The first kappa shape index (κ1) is 13.8. The number of hydrogen-bond donors (Lipinski definition) is 2. The summed E-state index contributed by atoms with van der Waals surface area (Å²) < 4.78 is 0. The minimum Gasteiger partial charge on any atom is -0.383 e. The average molecular weight is 262 g/mol. The minimum atomic E-state index is -0.200. The van der Waals surface area contributed by atoms with Crippen LogP contribution in [-0.4, -0.2) is 28.9 Å². The molecule has 0 spiro atoms. The SMILES string of the molecule is NC(=O)CC[C@@H]1CCCN(Cc2cccnc2N)C1. The molecule has 19 heavy (non-hydrogen) atoms. The summed E-state index contributed by atoms with van der Waals surface area (Å²) >= 11 is 0. The van der Waals surface area contributed by atoms with Crippen LogP contribution < -0.4 is 11.5 Å². The van der Waals surface area contributed by atoms with Gasteiger partial charge in [-0.05, 0) is 37.8 Å². The fourth-order valence-electron chi connectivity index (χ4n) is 2.70. The number of nitrogens with two attached hydrogens (primary N) is 2. The Labute approximate surface area is 114 Å². The Hall–Kier alpha value is -1.62. The molecule has 1 aliphatic heterocycles. The van der Waals surface area contributed by atoms with Gasteiger partial charge in [-0.15, -0.1) is 0 Å². The van der Waals surface area contributed by atoms with Crippen LogP contribution in [-0.2, 0) is 11.3 Å². The van der Waals surface area contributed by atoms with Crippen LogP contribution in [0, 0.1) is 5.92 Å². The summed E-state index contributed by atoms with van der Waals surface area (Å²) in [5.74, 6) is 0.981. The molecule has 1 atom stereocenters. The zero-order valence-corrected chi connectivity index (χ0v) is 11.2. The third-order valence-electron chi connectivity index (χ3n) is 3.72. The van der Waals surface area contributed by atoms with Gasteiger partial charge in [-0.3, -0.25) is 9.69 Å². The first-order valence-electron chi connectivity index (χ1n) is 6.85. The van der Waals surface area contributed by atoms with Gasteiger partial charge in [0.1, 0.15) is 5.82 Å². The second-order valence-corrected chi connectivity index (χ2v) is 5.30. The molecular formula is C14H22N4O. The van der Waals surface area contributed by atoms with Crippen molar-refractivity contribution in [1.29, 1.82) is 0 Å². The summed E-state index contributed by atoms with van der Waals surface area (Å²) in [5.41, 5.74) is 12.2. The zero-order valence-electron chi connectivity index (χ0n) is 11.2. The van der Waals surface area contributed by atoms with Crippen LogP contribution in [0.4, 0.5) is 5.82 Å². The van der Waals surface area contributed by atoms with Crippen molar-refractivity contribution in [2.24, 2.45) is 11.7 Å². The van der Waals surface area contributed by atoms with Gasteiger partial charge in [0.15, 0.2) is 0 Å². The molecule has 0 aliphatic carbocycles. The van der Waals surface area contributed by atoms with E-state index in [1.54, 1.807) is 6.20 Å². The van der Waals surface area contributed by atoms with Gasteiger partial charge in [-0.25, -0.2) is 4.98 Å². The third kappa shape index (κ3) is 4.21. The number of amides is 1. The van der Waals surface area contributed by atoms with Gasteiger partial charge in [0.05, 0.1) is 0 Å². The lowest BCUT2D eigenvalue weighted by molar-refractivity contribution is -0.118. The highest BCUT2D eigenvalue weighted by Crippen LogP contribution is 2.23. The summed E-state index contributed by atoms with van der Waals surface area (Å²) in [6.45, 7) is 2.94. The van der Waals surface area contributed by atoms with Gasteiger partial charge in [0.2, 0.25) is 5.91 Å². The second-order valence-electron chi connectivity index (χ2n) is 5.30. The predicted octanol–water partition coefficient (Wildman–Crippen LogP) is 1.14. The molecule has 0 bridgehead atoms. The summed E-state index contributed by atoms with van der Waals surface area (Å²) in [5, 5.41) is 0. The topological polar surface area (TPSA) is 85.2 Å². The Bertz CT molecular complexity index is 435. The van der Waals surface area contributed by atoms with Crippen molar-refractivity contribution in [2.45, 2.75) is 32.2 Å². The summed E-state index contributed by atoms with van der Waals surface area (Å²) in [6, 6.07) is 3.94. The van der Waals surface area contributed by atoms with Crippen molar-refractivity contribution in [1.82, 2.24) is 9.88 Å². The highest BCUT2D eigenvalue weighted by atomic mass is 16.1. The van der Waals surface area contributed by atoms with Crippen LogP contribution in [0.1, 0.15) is 31.2 Å². The number of piperidine rings is 1. The molecule has 1 fully saturated rings. The monoisotopic (exact) mass is 262 g/mol. The molecule has 2 rings (SSSR count). The molecule has 1 aliphatic rings. The van der Waals surface area contributed by atoms with Crippen molar-refractivity contribution >= 4 is 11.7 Å². The molecule has 1 amide bonds. The summed E-state index contributed by atoms with van der Waals surface area (Å²) in [6.07, 6.45) is 5.46. The minimum absolute atomic E-state index is 0.200. The highest BCUT2D eigenvalue weighted by Gasteiger charge is 2.20. The van der Waals surface area contributed by atoms with E-state index in [9.17, 15) is 4.79 Å². The van der Waals surface area contributed by atoms with Crippen LogP contribution in [0.25, 0.3) is 0 Å². The molecule has 0 aromatic carbocycles. The quantitative estimate of drug-likeness (QED) is 0.833. The molecule has 4 N–H and O–H groups in total. The van der Waals surface area contributed by atoms with Crippen LogP contribution in [0.5, 0.6) is 0 Å². The zero-order chi connectivity index (χ0) is 13.7. The average Bonchev–Trinajstić information content (AvgIpc) is 2.40. The van der Waals surface area contributed by atoms with Crippen molar-refractivity contribution < 1.29 is 4.79 Å². The summed E-state index contributed by atoms with van der Waals surface area (Å²) in [7, 11) is 0. The molecule has 0 saturated carbocycles. The van der Waals surface area contributed by atoms with Gasteiger partial charge in [0.25, 0.3) is 0 Å². The standard InChI is InChI=1S/C14H22N4O/c15-13(19)6-5-11-3-2-8-18(9-11)10-12-4-1-7-17-14(12)16/h1,4,7,11H,2-3,5-6,8-10H2,(H2,15,19)(H2,16,17)/t11-/m0/s1. The second kappa shape index (κ2) is 6.52. The van der Waals surface area contributed by atoms with Gasteiger partial charge in [-0.2, -0.15) is 0 Å².